The number of aliphatic hydroxyl groups excluding tert-OH is 2. The van der Waals surface area contributed by atoms with Gasteiger partial charge < -0.3 is 20.1 Å². The first-order valence-corrected chi connectivity index (χ1v) is 7.30. The van der Waals surface area contributed by atoms with E-state index in [1.54, 1.807) is 12.1 Å². The van der Waals surface area contributed by atoms with Crippen molar-refractivity contribution >= 4 is 0 Å². The Labute approximate surface area is 123 Å². The molecule has 1 aromatic carbocycles. The monoisotopic (exact) mass is 289 g/mol. The number of fused-ring (bicyclic) bond motifs is 2. The lowest BCUT2D eigenvalue weighted by molar-refractivity contribution is -0.00162. The van der Waals surface area contributed by atoms with Crippen molar-refractivity contribution in [3.63, 3.8) is 0 Å². The Balaban J connectivity index is 1.88. The molecule has 0 aromatic heterocycles. The van der Waals surface area contributed by atoms with Crippen molar-refractivity contribution in [1.29, 1.82) is 0 Å². The van der Waals surface area contributed by atoms with Gasteiger partial charge in [0.25, 0.3) is 0 Å². The topological polar surface area (TPSA) is 73.2 Å². The molecule has 4 rings (SSSR count). The summed E-state index contributed by atoms with van der Waals surface area (Å²) in [7, 11) is 1.53. The molecule has 1 aliphatic carbocycles. The number of aliphatic hydroxyl groups is 2. The van der Waals surface area contributed by atoms with E-state index in [1.807, 2.05) is 6.07 Å². The Kier molecular flexibility index (Phi) is 2.79. The van der Waals surface area contributed by atoms with Gasteiger partial charge in [-0.3, -0.25) is 4.90 Å². The van der Waals surface area contributed by atoms with Gasteiger partial charge in [-0.2, -0.15) is 0 Å². The SMILES string of the molecule is COc1cc2c(cc1O)[C@H]1[C@H](O)[C@@H](O)C=C3CCN(C2)[C@H]31. The summed E-state index contributed by atoms with van der Waals surface area (Å²) >= 11 is 0. The first-order chi connectivity index (χ1) is 10.1. The molecule has 2 aliphatic heterocycles. The zero-order chi connectivity index (χ0) is 14.7. The van der Waals surface area contributed by atoms with Crippen LogP contribution in [-0.2, 0) is 6.54 Å². The molecule has 112 valence electrons. The van der Waals surface area contributed by atoms with E-state index in [0.29, 0.717) is 5.75 Å². The van der Waals surface area contributed by atoms with Gasteiger partial charge in [0.2, 0.25) is 0 Å². The van der Waals surface area contributed by atoms with Crippen molar-refractivity contribution < 1.29 is 20.1 Å². The van der Waals surface area contributed by atoms with Crippen LogP contribution in [0.2, 0.25) is 0 Å². The molecular weight excluding hydrogens is 270 g/mol. The van der Waals surface area contributed by atoms with Gasteiger partial charge >= 0.3 is 0 Å². The van der Waals surface area contributed by atoms with Crippen LogP contribution in [0.3, 0.4) is 0 Å². The molecule has 0 amide bonds. The van der Waals surface area contributed by atoms with E-state index in [0.717, 1.165) is 30.6 Å². The highest BCUT2D eigenvalue weighted by atomic mass is 16.5. The number of methoxy groups -OCH3 is 1. The smallest absolute Gasteiger partial charge is 0.160 e. The number of phenols is 1. The minimum Gasteiger partial charge on any atom is -0.504 e. The fourth-order valence-corrected chi connectivity index (χ4v) is 4.14. The molecule has 2 heterocycles. The summed E-state index contributed by atoms with van der Waals surface area (Å²) in [6, 6.07) is 3.67. The molecular formula is C16H19NO4. The van der Waals surface area contributed by atoms with Crippen LogP contribution in [0.15, 0.2) is 23.8 Å². The summed E-state index contributed by atoms with van der Waals surface area (Å²) in [5.41, 5.74) is 3.19. The van der Waals surface area contributed by atoms with Crippen molar-refractivity contribution in [1.82, 2.24) is 4.90 Å². The summed E-state index contributed by atoms with van der Waals surface area (Å²) < 4.78 is 5.18. The lowest BCUT2D eigenvalue weighted by atomic mass is 9.73. The van der Waals surface area contributed by atoms with Crippen molar-refractivity contribution in [2.45, 2.75) is 37.1 Å². The highest BCUT2D eigenvalue weighted by Gasteiger charge is 2.48. The highest BCUT2D eigenvalue weighted by molar-refractivity contribution is 5.51. The van der Waals surface area contributed by atoms with E-state index in [9.17, 15) is 15.3 Å². The average Bonchev–Trinajstić information content (AvgIpc) is 2.86. The van der Waals surface area contributed by atoms with Crippen molar-refractivity contribution in [2.24, 2.45) is 0 Å². The Morgan fingerprint density at radius 1 is 1.29 bits per heavy atom. The lowest BCUT2D eigenvalue weighted by Gasteiger charge is -2.44. The number of nitrogens with zero attached hydrogens (tertiary/aromatic N) is 1. The molecule has 0 bridgehead atoms. The van der Waals surface area contributed by atoms with Crippen LogP contribution in [-0.4, -0.2) is 52.1 Å². The van der Waals surface area contributed by atoms with Gasteiger partial charge in [-0.05, 0) is 29.7 Å². The Hall–Kier alpha value is -1.56. The molecule has 1 fully saturated rings. The molecule has 5 heteroatoms. The second-order valence-corrected chi connectivity index (χ2v) is 6.14. The highest BCUT2D eigenvalue weighted by Crippen LogP contribution is 2.48. The van der Waals surface area contributed by atoms with Crippen molar-refractivity contribution in [2.75, 3.05) is 13.7 Å². The van der Waals surface area contributed by atoms with Gasteiger partial charge in [0, 0.05) is 25.0 Å². The fraction of sp³-hybridized carbons (Fsp3) is 0.500. The van der Waals surface area contributed by atoms with E-state index in [-0.39, 0.29) is 17.7 Å². The van der Waals surface area contributed by atoms with Gasteiger partial charge in [-0.25, -0.2) is 0 Å². The molecule has 0 saturated carbocycles. The zero-order valence-electron chi connectivity index (χ0n) is 11.9. The quantitative estimate of drug-likeness (QED) is 0.665. The van der Waals surface area contributed by atoms with E-state index in [1.165, 1.54) is 12.7 Å². The maximum Gasteiger partial charge on any atom is 0.160 e. The number of hydrogen-bond acceptors (Lipinski definition) is 5. The van der Waals surface area contributed by atoms with Crippen molar-refractivity contribution in [3.8, 4) is 11.5 Å². The van der Waals surface area contributed by atoms with Crippen LogP contribution < -0.4 is 4.74 Å². The van der Waals surface area contributed by atoms with Gasteiger partial charge in [-0.15, -0.1) is 0 Å². The van der Waals surface area contributed by atoms with Gasteiger partial charge in [0.1, 0.15) is 0 Å². The predicted molar refractivity (Wildman–Crippen MR) is 76.3 cm³/mol. The van der Waals surface area contributed by atoms with Crippen LogP contribution in [0, 0.1) is 0 Å². The van der Waals surface area contributed by atoms with Crippen LogP contribution in [0.5, 0.6) is 11.5 Å². The van der Waals surface area contributed by atoms with Crippen molar-refractivity contribution in [3.05, 3.63) is 34.9 Å². The van der Waals surface area contributed by atoms with E-state index >= 15 is 0 Å². The second-order valence-electron chi connectivity index (χ2n) is 6.14. The molecule has 1 aromatic rings. The number of hydrogen-bond donors (Lipinski definition) is 3. The fourth-order valence-electron chi connectivity index (χ4n) is 4.14. The number of benzene rings is 1. The standard InChI is InChI=1S/C16H19NO4/c1-21-13-5-9-7-17-3-2-8-4-12(19)16(20)14(15(8)17)10(9)6-11(13)18/h4-6,12,14-16,18-20H,2-3,7H2,1H3/t12-,14+,15+,16+/m0/s1. The number of aromatic hydroxyl groups is 1. The molecule has 0 spiro atoms. The minimum atomic E-state index is -0.841. The van der Waals surface area contributed by atoms with E-state index in [4.69, 9.17) is 4.74 Å². The van der Waals surface area contributed by atoms with E-state index in [2.05, 4.69) is 4.90 Å². The first kappa shape index (κ1) is 13.1. The number of ether oxygens (including phenoxy) is 1. The largest absolute Gasteiger partial charge is 0.504 e. The summed E-state index contributed by atoms with van der Waals surface area (Å²) in [5.74, 6) is 0.344. The predicted octanol–water partition coefficient (Wildman–Crippen LogP) is 0.734. The second kappa shape index (κ2) is 4.47. The van der Waals surface area contributed by atoms with E-state index < -0.39 is 12.2 Å². The van der Waals surface area contributed by atoms with Crippen LogP contribution in [0.1, 0.15) is 23.5 Å². The zero-order valence-corrected chi connectivity index (χ0v) is 11.9. The van der Waals surface area contributed by atoms with Gasteiger partial charge in [0.05, 0.1) is 19.3 Å². The maximum atomic E-state index is 10.5. The third kappa shape index (κ3) is 1.75. The molecule has 3 aliphatic rings. The number of rotatable bonds is 1. The summed E-state index contributed by atoms with van der Waals surface area (Å²) in [6.45, 7) is 1.72. The Morgan fingerprint density at radius 2 is 2.10 bits per heavy atom. The van der Waals surface area contributed by atoms with Gasteiger partial charge in [-0.1, -0.05) is 11.6 Å². The normalized spacial score (nSPS) is 34.1. The summed E-state index contributed by atoms with van der Waals surface area (Å²) in [6.07, 6.45) is 1.06. The third-order valence-electron chi connectivity index (χ3n) is 5.08. The molecule has 5 nitrogen and oxygen atoms in total. The Bertz CT molecular complexity index is 627. The molecule has 0 radical (unpaired) electrons. The summed E-state index contributed by atoms with van der Waals surface area (Å²) in [4.78, 5) is 2.34. The maximum absolute atomic E-state index is 10.5. The van der Waals surface area contributed by atoms with Crippen LogP contribution in [0.25, 0.3) is 0 Å². The van der Waals surface area contributed by atoms with Crippen LogP contribution >= 0.6 is 0 Å². The lowest BCUT2D eigenvalue weighted by Crippen LogP contribution is -2.49. The molecule has 4 atom stereocenters. The minimum absolute atomic E-state index is 0.0838. The summed E-state index contributed by atoms with van der Waals surface area (Å²) in [5, 5.41) is 30.6. The van der Waals surface area contributed by atoms with Gasteiger partial charge in [0.15, 0.2) is 11.5 Å². The molecule has 21 heavy (non-hydrogen) atoms. The molecule has 0 unspecified atom stereocenters. The molecule has 1 saturated heterocycles. The average molecular weight is 289 g/mol. The Morgan fingerprint density at radius 3 is 2.86 bits per heavy atom. The molecule has 3 N–H and O–H groups in total. The first-order valence-electron chi connectivity index (χ1n) is 7.30. The number of phenolic OH excluding ortho intramolecular Hbond substituents is 1. The van der Waals surface area contributed by atoms with Crippen LogP contribution in [0.4, 0.5) is 0 Å². The third-order valence-corrected chi connectivity index (χ3v) is 5.08.